The van der Waals surface area contributed by atoms with Crippen LogP contribution in [0, 0.1) is 5.82 Å². The molecule has 2 aromatic rings. The number of unbranched alkanes of at least 4 members (excludes halogenated alkanes) is 1. The molecule has 1 aliphatic heterocycles. The lowest BCUT2D eigenvalue weighted by Crippen LogP contribution is -2.41. The van der Waals surface area contributed by atoms with Crippen molar-refractivity contribution in [2.24, 2.45) is 0 Å². The Hall–Kier alpha value is -2.00. The molecule has 1 aromatic carbocycles. The number of carbonyl (C=O) groups is 2. The summed E-state index contributed by atoms with van der Waals surface area (Å²) in [6.07, 6.45) is 4.47. The van der Waals surface area contributed by atoms with Crippen LogP contribution in [0.5, 0.6) is 0 Å². The molecule has 1 unspecified atom stereocenters. The second-order valence-corrected chi connectivity index (χ2v) is 8.99. The van der Waals surface area contributed by atoms with Crippen LogP contribution in [-0.2, 0) is 4.79 Å². The SMILES string of the molecule is CCCCNc1nnc(SC2CCCCN(C(=O)c3ccc(F)cc3)C2=O)s1. The fourth-order valence-corrected chi connectivity index (χ4v) is 5.01. The van der Waals surface area contributed by atoms with E-state index in [1.165, 1.54) is 52.3 Å². The summed E-state index contributed by atoms with van der Waals surface area (Å²) in [5, 5.41) is 11.9. The van der Waals surface area contributed by atoms with Crippen molar-refractivity contribution in [3.05, 3.63) is 35.6 Å². The van der Waals surface area contributed by atoms with Gasteiger partial charge in [0, 0.05) is 18.7 Å². The van der Waals surface area contributed by atoms with Crippen LogP contribution in [0.15, 0.2) is 28.6 Å². The van der Waals surface area contributed by atoms with E-state index < -0.39 is 5.82 Å². The Kier molecular flexibility index (Phi) is 7.38. The zero-order chi connectivity index (χ0) is 19.9. The highest BCUT2D eigenvalue weighted by molar-refractivity contribution is 8.02. The van der Waals surface area contributed by atoms with Gasteiger partial charge in [-0.2, -0.15) is 0 Å². The molecule has 1 aromatic heterocycles. The van der Waals surface area contributed by atoms with Crippen molar-refractivity contribution in [1.82, 2.24) is 15.1 Å². The van der Waals surface area contributed by atoms with Crippen LogP contribution in [0.4, 0.5) is 9.52 Å². The number of hydrogen-bond donors (Lipinski definition) is 1. The molecule has 1 atom stereocenters. The lowest BCUT2D eigenvalue weighted by Gasteiger charge is -2.22. The van der Waals surface area contributed by atoms with Crippen molar-refractivity contribution in [2.75, 3.05) is 18.4 Å². The fourth-order valence-electron chi connectivity index (χ4n) is 2.89. The molecule has 150 valence electrons. The van der Waals surface area contributed by atoms with E-state index in [4.69, 9.17) is 0 Å². The zero-order valence-corrected chi connectivity index (χ0v) is 17.3. The van der Waals surface area contributed by atoms with Crippen molar-refractivity contribution in [1.29, 1.82) is 0 Å². The average molecular weight is 423 g/mol. The number of amides is 2. The van der Waals surface area contributed by atoms with E-state index in [-0.39, 0.29) is 17.1 Å². The largest absolute Gasteiger partial charge is 0.360 e. The number of hydrogen-bond acceptors (Lipinski definition) is 7. The highest BCUT2D eigenvalue weighted by atomic mass is 32.2. The topological polar surface area (TPSA) is 75.2 Å². The summed E-state index contributed by atoms with van der Waals surface area (Å²) in [6, 6.07) is 5.29. The van der Waals surface area contributed by atoms with Gasteiger partial charge < -0.3 is 5.32 Å². The van der Waals surface area contributed by atoms with Gasteiger partial charge in [0.15, 0.2) is 4.34 Å². The van der Waals surface area contributed by atoms with Crippen LogP contribution < -0.4 is 5.32 Å². The zero-order valence-electron chi connectivity index (χ0n) is 15.7. The number of rotatable bonds is 7. The van der Waals surface area contributed by atoms with Gasteiger partial charge in [-0.25, -0.2) is 4.39 Å². The maximum atomic E-state index is 13.1. The number of halogens is 1. The van der Waals surface area contributed by atoms with Crippen LogP contribution >= 0.6 is 23.1 Å². The molecule has 0 bridgehead atoms. The van der Waals surface area contributed by atoms with Gasteiger partial charge in [-0.15, -0.1) is 10.2 Å². The number of benzene rings is 1. The highest BCUT2D eigenvalue weighted by Gasteiger charge is 2.33. The third-order valence-corrected chi connectivity index (χ3v) is 6.65. The smallest absolute Gasteiger partial charge is 0.260 e. The first-order chi connectivity index (χ1) is 13.6. The molecule has 0 spiro atoms. The van der Waals surface area contributed by atoms with E-state index in [2.05, 4.69) is 22.4 Å². The number of carbonyl (C=O) groups excluding carboxylic acids is 2. The quantitative estimate of drug-likeness (QED) is 0.532. The second kappa shape index (κ2) is 9.97. The molecule has 9 heteroatoms. The summed E-state index contributed by atoms with van der Waals surface area (Å²) in [6.45, 7) is 3.35. The lowest BCUT2D eigenvalue weighted by atomic mass is 10.2. The van der Waals surface area contributed by atoms with E-state index in [1.54, 1.807) is 0 Å². The van der Waals surface area contributed by atoms with E-state index in [0.717, 1.165) is 37.4 Å². The first kappa shape index (κ1) is 20.7. The Balaban J connectivity index is 1.67. The highest BCUT2D eigenvalue weighted by Crippen LogP contribution is 2.33. The van der Waals surface area contributed by atoms with E-state index >= 15 is 0 Å². The summed E-state index contributed by atoms with van der Waals surface area (Å²) in [4.78, 5) is 27.1. The van der Waals surface area contributed by atoms with Crippen LogP contribution in [0.25, 0.3) is 0 Å². The second-order valence-electron chi connectivity index (χ2n) is 6.56. The Morgan fingerprint density at radius 3 is 2.86 bits per heavy atom. The summed E-state index contributed by atoms with van der Waals surface area (Å²) in [5.74, 6) is -1.00. The van der Waals surface area contributed by atoms with E-state index in [0.29, 0.717) is 22.9 Å². The molecule has 0 saturated carbocycles. The fraction of sp³-hybridized carbons (Fsp3) is 0.474. The first-order valence-corrected chi connectivity index (χ1v) is 11.1. The standard InChI is InChI=1S/C19H23FN4O2S2/c1-2-3-11-21-18-22-23-19(28-18)27-15-6-4-5-12-24(17(15)26)16(25)13-7-9-14(20)10-8-13/h7-10,15H,2-6,11-12H2,1H3,(H,21,22). The minimum Gasteiger partial charge on any atom is -0.360 e. The van der Waals surface area contributed by atoms with Crippen LogP contribution in [0.2, 0.25) is 0 Å². The molecule has 2 amide bonds. The molecule has 0 aliphatic carbocycles. The van der Waals surface area contributed by atoms with Gasteiger partial charge in [0.2, 0.25) is 11.0 Å². The predicted octanol–water partition coefficient (Wildman–Crippen LogP) is 4.20. The van der Waals surface area contributed by atoms with Crippen molar-refractivity contribution in [3.63, 3.8) is 0 Å². The molecule has 1 aliphatic rings. The third-order valence-electron chi connectivity index (χ3n) is 4.43. The summed E-state index contributed by atoms with van der Waals surface area (Å²) < 4.78 is 13.8. The Bertz CT molecular complexity index is 813. The molecular weight excluding hydrogens is 399 g/mol. The molecule has 3 rings (SSSR count). The maximum absolute atomic E-state index is 13.1. The minimum absolute atomic E-state index is 0.215. The van der Waals surface area contributed by atoms with Crippen LogP contribution in [0.3, 0.4) is 0 Å². The summed E-state index contributed by atoms with van der Waals surface area (Å²) >= 11 is 2.79. The maximum Gasteiger partial charge on any atom is 0.260 e. The number of anilines is 1. The number of likely N-dealkylation sites (tertiary alicyclic amines) is 1. The number of aromatic nitrogens is 2. The summed E-state index contributed by atoms with van der Waals surface area (Å²) in [5.41, 5.74) is 0.318. The summed E-state index contributed by atoms with van der Waals surface area (Å²) in [7, 11) is 0. The van der Waals surface area contributed by atoms with Gasteiger partial charge in [0.25, 0.3) is 5.91 Å². The minimum atomic E-state index is -0.410. The van der Waals surface area contributed by atoms with E-state index in [9.17, 15) is 14.0 Å². The number of thioether (sulfide) groups is 1. The van der Waals surface area contributed by atoms with Gasteiger partial charge in [0.1, 0.15) is 5.82 Å². The Morgan fingerprint density at radius 2 is 2.11 bits per heavy atom. The molecule has 1 fully saturated rings. The monoisotopic (exact) mass is 422 g/mol. The van der Waals surface area contributed by atoms with Crippen LogP contribution in [-0.4, -0.2) is 45.3 Å². The van der Waals surface area contributed by atoms with Gasteiger partial charge in [-0.05, 0) is 43.5 Å². The Morgan fingerprint density at radius 1 is 1.32 bits per heavy atom. The lowest BCUT2D eigenvalue weighted by molar-refractivity contribution is -0.127. The van der Waals surface area contributed by atoms with Crippen molar-refractivity contribution in [2.45, 2.75) is 48.6 Å². The number of nitrogens with one attached hydrogen (secondary N) is 1. The van der Waals surface area contributed by atoms with E-state index in [1.807, 2.05) is 0 Å². The molecule has 2 heterocycles. The predicted molar refractivity (Wildman–Crippen MR) is 109 cm³/mol. The van der Waals surface area contributed by atoms with Gasteiger partial charge in [-0.1, -0.05) is 42.9 Å². The average Bonchev–Trinajstić information content (AvgIpc) is 3.06. The molecule has 28 heavy (non-hydrogen) atoms. The van der Waals surface area contributed by atoms with Crippen molar-refractivity contribution in [3.8, 4) is 0 Å². The van der Waals surface area contributed by atoms with Gasteiger partial charge >= 0.3 is 0 Å². The first-order valence-electron chi connectivity index (χ1n) is 9.43. The molecule has 1 saturated heterocycles. The van der Waals surface area contributed by atoms with Crippen LogP contribution in [0.1, 0.15) is 49.4 Å². The number of imide groups is 1. The number of nitrogens with zero attached hydrogens (tertiary/aromatic N) is 3. The molecule has 6 nitrogen and oxygen atoms in total. The third kappa shape index (κ3) is 5.29. The molecule has 1 N–H and O–H groups in total. The molecule has 0 radical (unpaired) electrons. The normalized spacial score (nSPS) is 17.4. The van der Waals surface area contributed by atoms with Gasteiger partial charge in [-0.3, -0.25) is 14.5 Å². The van der Waals surface area contributed by atoms with Crippen molar-refractivity contribution < 1.29 is 14.0 Å². The Labute approximate surface area is 171 Å². The molecular formula is C19H23FN4O2S2. The van der Waals surface area contributed by atoms with Crippen molar-refractivity contribution >= 4 is 40.0 Å². The van der Waals surface area contributed by atoms with Gasteiger partial charge in [0.05, 0.1) is 5.25 Å².